The van der Waals surface area contributed by atoms with Crippen molar-refractivity contribution in [2.75, 3.05) is 6.54 Å². The molecule has 1 aromatic carbocycles. The number of aromatic nitrogens is 2. The fourth-order valence-corrected chi connectivity index (χ4v) is 3.37. The number of carbonyl (C=O) groups excluding carboxylic acids is 1. The number of H-pyrrole nitrogens is 1. The first-order valence-corrected chi connectivity index (χ1v) is 9.40. The van der Waals surface area contributed by atoms with Gasteiger partial charge in [-0.3, -0.25) is 0 Å². The minimum absolute atomic E-state index is 0.0815. The van der Waals surface area contributed by atoms with Crippen molar-refractivity contribution in [3.8, 4) is 17.3 Å². The Labute approximate surface area is 160 Å². The first-order valence-electron chi connectivity index (χ1n) is 9.40. The van der Waals surface area contributed by atoms with Crippen molar-refractivity contribution in [2.24, 2.45) is 0 Å². The molecule has 1 amide bonds. The number of nitrogens with zero attached hydrogens (tertiary/aromatic N) is 3. The quantitative estimate of drug-likeness (QED) is 0.879. The Morgan fingerprint density at radius 1 is 1.41 bits per heavy atom. The van der Waals surface area contributed by atoms with E-state index in [-0.39, 0.29) is 12.1 Å². The van der Waals surface area contributed by atoms with Crippen LogP contribution in [0.1, 0.15) is 51.4 Å². The van der Waals surface area contributed by atoms with Crippen molar-refractivity contribution in [1.29, 1.82) is 5.26 Å². The van der Waals surface area contributed by atoms with E-state index in [2.05, 4.69) is 16.0 Å². The summed E-state index contributed by atoms with van der Waals surface area (Å²) in [5.41, 5.74) is 1.93. The second kappa shape index (κ2) is 7.83. The van der Waals surface area contributed by atoms with Gasteiger partial charge in [-0.2, -0.15) is 5.26 Å². The summed E-state index contributed by atoms with van der Waals surface area (Å²) < 4.78 is 5.57. The molecule has 0 spiro atoms. The highest BCUT2D eigenvalue weighted by Gasteiger charge is 2.31. The van der Waals surface area contributed by atoms with E-state index in [1.54, 1.807) is 12.3 Å². The number of carbonyl (C=O) groups is 1. The van der Waals surface area contributed by atoms with Crippen LogP contribution in [0.3, 0.4) is 0 Å². The summed E-state index contributed by atoms with van der Waals surface area (Å²) in [4.78, 5) is 22.2. The lowest BCUT2D eigenvalue weighted by Crippen LogP contribution is -2.47. The number of nitriles is 1. The van der Waals surface area contributed by atoms with Gasteiger partial charge in [-0.15, -0.1) is 0 Å². The summed E-state index contributed by atoms with van der Waals surface area (Å²) in [5.74, 6) is 0.841. The normalized spacial score (nSPS) is 17.4. The molecule has 0 saturated carbocycles. The first-order chi connectivity index (χ1) is 12.9. The summed E-state index contributed by atoms with van der Waals surface area (Å²) >= 11 is 0. The topological polar surface area (TPSA) is 82.0 Å². The van der Waals surface area contributed by atoms with Crippen LogP contribution in [0.2, 0.25) is 0 Å². The molecular formula is C21H26N4O2. The van der Waals surface area contributed by atoms with Gasteiger partial charge < -0.3 is 14.6 Å². The number of hydrogen-bond donors (Lipinski definition) is 1. The Bertz CT molecular complexity index is 844. The molecule has 0 bridgehead atoms. The maximum Gasteiger partial charge on any atom is 0.410 e. The van der Waals surface area contributed by atoms with E-state index in [0.29, 0.717) is 12.0 Å². The number of ether oxygens (including phenoxy) is 1. The monoisotopic (exact) mass is 366 g/mol. The van der Waals surface area contributed by atoms with Crippen molar-refractivity contribution in [1.82, 2.24) is 14.9 Å². The largest absolute Gasteiger partial charge is 0.444 e. The van der Waals surface area contributed by atoms with E-state index >= 15 is 0 Å². The molecule has 0 radical (unpaired) electrons. The standard InChI is InChI=1S/C21H26N4O2/c1-21(2,3)27-20(26)25-10-5-4-9-17(25)12-19-23-14-18(24-19)16-8-6-7-15(11-16)13-22/h6-8,11,14,17H,4-5,9-10,12H2,1-3H3,(H,23,24). The maximum atomic E-state index is 12.6. The number of likely N-dealkylation sites (tertiary alicyclic amines) is 1. The average Bonchev–Trinajstić information content (AvgIpc) is 3.09. The Morgan fingerprint density at radius 3 is 2.96 bits per heavy atom. The lowest BCUT2D eigenvalue weighted by Gasteiger charge is -2.36. The van der Waals surface area contributed by atoms with E-state index < -0.39 is 5.60 Å². The number of nitrogens with one attached hydrogen (secondary N) is 1. The molecule has 142 valence electrons. The van der Waals surface area contributed by atoms with E-state index in [4.69, 9.17) is 10.00 Å². The molecule has 27 heavy (non-hydrogen) atoms. The Morgan fingerprint density at radius 2 is 2.22 bits per heavy atom. The van der Waals surface area contributed by atoms with Gasteiger partial charge in [0.1, 0.15) is 11.4 Å². The number of benzene rings is 1. The van der Waals surface area contributed by atoms with Crippen LogP contribution in [-0.4, -0.2) is 39.1 Å². The van der Waals surface area contributed by atoms with E-state index in [1.807, 2.05) is 43.9 Å². The van der Waals surface area contributed by atoms with Crippen LogP contribution >= 0.6 is 0 Å². The Balaban J connectivity index is 1.73. The van der Waals surface area contributed by atoms with E-state index in [9.17, 15) is 4.79 Å². The number of piperidine rings is 1. The second-order valence-electron chi connectivity index (χ2n) is 7.96. The Kier molecular flexibility index (Phi) is 5.50. The molecule has 6 heteroatoms. The third kappa shape index (κ3) is 4.88. The number of aromatic amines is 1. The zero-order valence-corrected chi connectivity index (χ0v) is 16.2. The molecule has 1 aromatic heterocycles. The highest BCUT2D eigenvalue weighted by molar-refractivity contribution is 5.68. The van der Waals surface area contributed by atoms with Gasteiger partial charge in [0.15, 0.2) is 0 Å². The first kappa shape index (κ1) is 19.0. The van der Waals surface area contributed by atoms with Gasteiger partial charge in [0.05, 0.1) is 23.5 Å². The summed E-state index contributed by atoms with van der Waals surface area (Å²) in [6.07, 6.45) is 5.24. The number of rotatable bonds is 3. The van der Waals surface area contributed by atoms with Gasteiger partial charge in [-0.1, -0.05) is 12.1 Å². The van der Waals surface area contributed by atoms with Crippen molar-refractivity contribution in [3.63, 3.8) is 0 Å². The smallest absolute Gasteiger partial charge is 0.410 e. The SMILES string of the molecule is CC(C)(C)OC(=O)N1CCCCC1Cc1ncc(-c2cccc(C#N)c2)[nH]1. The van der Waals surface area contributed by atoms with Crippen molar-refractivity contribution >= 4 is 6.09 Å². The van der Waals surface area contributed by atoms with Gasteiger partial charge in [0, 0.05) is 24.6 Å². The third-order valence-corrected chi connectivity index (χ3v) is 4.62. The fraction of sp³-hybridized carbons (Fsp3) is 0.476. The molecule has 1 aliphatic rings. The third-order valence-electron chi connectivity index (χ3n) is 4.62. The molecule has 1 N–H and O–H groups in total. The van der Waals surface area contributed by atoms with Crippen LogP contribution in [0.5, 0.6) is 0 Å². The summed E-state index contributed by atoms with van der Waals surface area (Å²) in [5, 5.41) is 9.07. The highest BCUT2D eigenvalue weighted by atomic mass is 16.6. The molecule has 2 heterocycles. The minimum atomic E-state index is -0.497. The van der Waals surface area contributed by atoms with Crippen LogP contribution in [0, 0.1) is 11.3 Å². The molecule has 1 unspecified atom stereocenters. The van der Waals surface area contributed by atoms with Crippen molar-refractivity contribution in [2.45, 2.75) is 58.1 Å². The van der Waals surface area contributed by atoms with E-state index in [1.165, 1.54) is 0 Å². The molecule has 1 aliphatic heterocycles. The van der Waals surface area contributed by atoms with Crippen molar-refractivity contribution in [3.05, 3.63) is 41.9 Å². The number of amides is 1. The van der Waals surface area contributed by atoms with Crippen LogP contribution in [-0.2, 0) is 11.2 Å². The van der Waals surface area contributed by atoms with E-state index in [0.717, 1.165) is 42.9 Å². The minimum Gasteiger partial charge on any atom is -0.444 e. The molecule has 1 saturated heterocycles. The fourth-order valence-electron chi connectivity index (χ4n) is 3.37. The maximum absolute atomic E-state index is 12.6. The number of hydrogen-bond acceptors (Lipinski definition) is 4. The highest BCUT2D eigenvalue weighted by Crippen LogP contribution is 2.24. The molecule has 2 aromatic rings. The zero-order chi connectivity index (χ0) is 19.4. The van der Waals surface area contributed by atoms with Crippen LogP contribution in [0.4, 0.5) is 4.79 Å². The lowest BCUT2D eigenvalue weighted by atomic mass is 9.99. The molecular weight excluding hydrogens is 340 g/mol. The second-order valence-corrected chi connectivity index (χ2v) is 7.96. The Hall–Kier alpha value is -2.81. The molecule has 1 atom stereocenters. The molecule has 3 rings (SSSR count). The average molecular weight is 366 g/mol. The van der Waals surface area contributed by atoms with Gasteiger partial charge >= 0.3 is 6.09 Å². The number of imidazole rings is 1. The summed E-state index contributed by atoms with van der Waals surface area (Å²) in [6.45, 7) is 6.38. The summed E-state index contributed by atoms with van der Waals surface area (Å²) in [6, 6.07) is 9.66. The molecule has 6 nitrogen and oxygen atoms in total. The lowest BCUT2D eigenvalue weighted by molar-refractivity contribution is 0.00976. The molecule has 0 aliphatic carbocycles. The zero-order valence-electron chi connectivity index (χ0n) is 16.2. The van der Waals surface area contributed by atoms with Crippen LogP contribution in [0.15, 0.2) is 30.5 Å². The van der Waals surface area contributed by atoms with Gasteiger partial charge in [-0.05, 0) is 52.2 Å². The summed E-state index contributed by atoms with van der Waals surface area (Å²) in [7, 11) is 0. The van der Waals surface area contributed by atoms with Gasteiger partial charge in [-0.25, -0.2) is 9.78 Å². The van der Waals surface area contributed by atoms with Crippen LogP contribution in [0.25, 0.3) is 11.3 Å². The predicted octanol–water partition coefficient (Wildman–Crippen LogP) is 4.28. The van der Waals surface area contributed by atoms with Gasteiger partial charge in [0.25, 0.3) is 0 Å². The molecule has 1 fully saturated rings. The predicted molar refractivity (Wildman–Crippen MR) is 103 cm³/mol. The van der Waals surface area contributed by atoms with Gasteiger partial charge in [0.2, 0.25) is 0 Å². The van der Waals surface area contributed by atoms with Crippen molar-refractivity contribution < 1.29 is 9.53 Å². The van der Waals surface area contributed by atoms with Crippen LogP contribution < -0.4 is 0 Å².